The van der Waals surface area contributed by atoms with Crippen molar-refractivity contribution in [1.82, 2.24) is 14.9 Å². The van der Waals surface area contributed by atoms with E-state index in [1.54, 1.807) is 38.6 Å². The van der Waals surface area contributed by atoms with Crippen LogP contribution in [0.4, 0.5) is 0 Å². The van der Waals surface area contributed by atoms with Crippen molar-refractivity contribution in [2.45, 2.75) is 18.2 Å². The molecule has 7 nitrogen and oxygen atoms in total. The van der Waals surface area contributed by atoms with Crippen molar-refractivity contribution in [2.75, 3.05) is 34.5 Å². The Labute approximate surface area is 111 Å². The number of ether oxygens (including phenoxy) is 3. The lowest BCUT2D eigenvalue weighted by atomic mass is 10.0. The van der Waals surface area contributed by atoms with E-state index >= 15 is 0 Å². The van der Waals surface area contributed by atoms with E-state index in [0.717, 1.165) is 0 Å². The van der Waals surface area contributed by atoms with Crippen LogP contribution in [0.5, 0.6) is 0 Å². The molecule has 1 fully saturated rings. The summed E-state index contributed by atoms with van der Waals surface area (Å²) in [6.45, 7) is 0.885. The summed E-state index contributed by atoms with van der Waals surface area (Å²) < 4.78 is 16.3. The third kappa shape index (κ3) is 2.78. The zero-order chi connectivity index (χ0) is 13.8. The number of nitrogens with zero attached hydrogens (tertiary/aromatic N) is 2. The molecule has 0 bridgehead atoms. The summed E-state index contributed by atoms with van der Waals surface area (Å²) in [4.78, 5) is 20.6. The van der Waals surface area contributed by atoms with E-state index in [0.29, 0.717) is 19.0 Å². The lowest BCUT2D eigenvalue weighted by molar-refractivity contribution is -0.147. The van der Waals surface area contributed by atoms with Crippen molar-refractivity contribution >= 4 is 5.91 Å². The summed E-state index contributed by atoms with van der Waals surface area (Å²) in [7, 11) is 4.93. The van der Waals surface area contributed by atoms with Crippen LogP contribution in [-0.2, 0) is 14.2 Å². The molecule has 2 heterocycles. The number of H-pyrrole nitrogens is 1. The minimum atomic E-state index is -0.220. The predicted octanol–water partition coefficient (Wildman–Crippen LogP) is -0.0895. The summed E-state index contributed by atoms with van der Waals surface area (Å²) >= 11 is 0. The van der Waals surface area contributed by atoms with Gasteiger partial charge in [-0.2, -0.15) is 0 Å². The van der Waals surface area contributed by atoms with Crippen molar-refractivity contribution in [3.8, 4) is 0 Å². The normalized spacial score (nSPS) is 27.2. The number of carbonyl (C=O) groups excluding carboxylic acids is 1. The van der Waals surface area contributed by atoms with Gasteiger partial charge in [-0.3, -0.25) is 4.79 Å². The van der Waals surface area contributed by atoms with E-state index in [9.17, 15) is 4.79 Å². The largest absolute Gasteiger partial charge is 0.376 e. The maximum absolute atomic E-state index is 12.2. The average molecular weight is 269 g/mol. The van der Waals surface area contributed by atoms with E-state index < -0.39 is 0 Å². The second-order valence-corrected chi connectivity index (χ2v) is 4.43. The Hall–Kier alpha value is -1.44. The van der Waals surface area contributed by atoms with E-state index in [1.165, 1.54) is 0 Å². The highest BCUT2D eigenvalue weighted by Gasteiger charge is 2.39. The number of rotatable bonds is 4. The van der Waals surface area contributed by atoms with Gasteiger partial charge < -0.3 is 24.1 Å². The quantitative estimate of drug-likeness (QED) is 0.826. The molecule has 1 aromatic heterocycles. The molecule has 2 rings (SSSR count). The number of methoxy groups -OCH3 is 2. The molecule has 106 valence electrons. The van der Waals surface area contributed by atoms with E-state index in [2.05, 4.69) is 9.97 Å². The number of hydrogen-bond acceptors (Lipinski definition) is 5. The fraction of sp³-hybridized carbons (Fsp3) is 0.667. The van der Waals surface area contributed by atoms with Crippen LogP contribution in [0.1, 0.15) is 10.6 Å². The number of aromatic nitrogens is 2. The monoisotopic (exact) mass is 269 g/mol. The van der Waals surface area contributed by atoms with Crippen LogP contribution < -0.4 is 0 Å². The Morgan fingerprint density at radius 2 is 2.26 bits per heavy atom. The van der Waals surface area contributed by atoms with Crippen LogP contribution in [0.3, 0.4) is 0 Å². The highest BCUT2D eigenvalue weighted by atomic mass is 16.6. The van der Waals surface area contributed by atoms with Gasteiger partial charge in [-0.1, -0.05) is 0 Å². The second kappa shape index (κ2) is 6.14. The zero-order valence-electron chi connectivity index (χ0n) is 11.3. The summed E-state index contributed by atoms with van der Waals surface area (Å²) in [6.07, 6.45) is 2.76. The summed E-state index contributed by atoms with van der Waals surface area (Å²) in [6, 6.07) is -0.207. The number of amides is 1. The summed E-state index contributed by atoms with van der Waals surface area (Å²) in [5.41, 5.74) is 0. The van der Waals surface area contributed by atoms with Crippen molar-refractivity contribution < 1.29 is 19.0 Å². The Morgan fingerprint density at radius 1 is 1.47 bits per heavy atom. The van der Waals surface area contributed by atoms with Crippen LogP contribution in [0.25, 0.3) is 0 Å². The van der Waals surface area contributed by atoms with Crippen LogP contribution in [-0.4, -0.2) is 73.5 Å². The Morgan fingerprint density at radius 3 is 2.84 bits per heavy atom. The van der Waals surface area contributed by atoms with E-state index in [-0.39, 0.29) is 24.2 Å². The van der Waals surface area contributed by atoms with Crippen molar-refractivity contribution in [1.29, 1.82) is 0 Å². The molecule has 1 aromatic rings. The van der Waals surface area contributed by atoms with Crippen LogP contribution >= 0.6 is 0 Å². The van der Waals surface area contributed by atoms with Gasteiger partial charge in [0, 0.05) is 33.7 Å². The fourth-order valence-electron chi connectivity index (χ4n) is 2.29. The van der Waals surface area contributed by atoms with Gasteiger partial charge in [0.2, 0.25) is 0 Å². The molecule has 1 saturated heterocycles. The number of carbonyl (C=O) groups is 1. The lowest BCUT2D eigenvalue weighted by Gasteiger charge is -2.40. The van der Waals surface area contributed by atoms with Gasteiger partial charge in [-0.05, 0) is 0 Å². The Kier molecular flexibility index (Phi) is 4.52. The molecule has 19 heavy (non-hydrogen) atoms. The summed E-state index contributed by atoms with van der Waals surface area (Å²) in [5.74, 6) is 0.106. The smallest absolute Gasteiger partial charge is 0.289 e. The highest BCUT2D eigenvalue weighted by molar-refractivity contribution is 5.90. The van der Waals surface area contributed by atoms with Crippen molar-refractivity contribution in [2.24, 2.45) is 0 Å². The van der Waals surface area contributed by atoms with Crippen molar-refractivity contribution in [3.63, 3.8) is 0 Å². The molecule has 1 aliphatic rings. The Balaban J connectivity index is 2.12. The molecule has 0 aliphatic carbocycles. The number of hydrogen-bond donors (Lipinski definition) is 1. The topological polar surface area (TPSA) is 76.7 Å². The second-order valence-electron chi connectivity index (χ2n) is 4.43. The molecule has 1 N–H and O–H groups in total. The first-order valence-corrected chi connectivity index (χ1v) is 6.09. The van der Waals surface area contributed by atoms with Crippen LogP contribution in [0, 0.1) is 0 Å². The molecule has 0 spiro atoms. The third-order valence-corrected chi connectivity index (χ3v) is 3.41. The Bertz CT molecular complexity index is 409. The van der Waals surface area contributed by atoms with Crippen LogP contribution in [0.2, 0.25) is 0 Å². The standard InChI is InChI=1S/C12H19N3O4/c1-15(12(16)11-13-4-5-14-11)8-6-19-7-9(17-2)10(8)18-3/h4-5,8-10H,6-7H2,1-3H3,(H,13,14)/t8-,9-,10+/m1/s1. The van der Waals surface area contributed by atoms with Gasteiger partial charge in [0.15, 0.2) is 5.82 Å². The van der Waals surface area contributed by atoms with Crippen molar-refractivity contribution in [3.05, 3.63) is 18.2 Å². The first-order valence-electron chi connectivity index (χ1n) is 6.09. The number of imidazole rings is 1. The zero-order valence-corrected chi connectivity index (χ0v) is 11.3. The van der Waals surface area contributed by atoms with Gasteiger partial charge in [0.1, 0.15) is 12.2 Å². The molecule has 1 amide bonds. The first kappa shape index (κ1) is 14.0. The maximum Gasteiger partial charge on any atom is 0.289 e. The summed E-state index contributed by atoms with van der Waals surface area (Å²) in [5, 5.41) is 0. The molecule has 3 atom stereocenters. The minimum Gasteiger partial charge on any atom is -0.376 e. The van der Waals surface area contributed by atoms with E-state index in [4.69, 9.17) is 14.2 Å². The molecular weight excluding hydrogens is 250 g/mol. The molecular formula is C12H19N3O4. The molecule has 0 radical (unpaired) electrons. The van der Waals surface area contributed by atoms with Gasteiger partial charge in [0.25, 0.3) is 5.91 Å². The molecule has 0 saturated carbocycles. The fourth-order valence-corrected chi connectivity index (χ4v) is 2.29. The van der Waals surface area contributed by atoms with Gasteiger partial charge >= 0.3 is 0 Å². The molecule has 0 unspecified atom stereocenters. The number of likely N-dealkylation sites (N-methyl/N-ethyl adjacent to an activating group) is 1. The van der Waals surface area contributed by atoms with E-state index in [1.807, 2.05) is 0 Å². The number of aromatic amines is 1. The van der Waals surface area contributed by atoms with Gasteiger partial charge in [0.05, 0.1) is 19.3 Å². The first-order chi connectivity index (χ1) is 9.19. The highest BCUT2D eigenvalue weighted by Crippen LogP contribution is 2.19. The average Bonchev–Trinajstić information content (AvgIpc) is 2.98. The number of nitrogens with one attached hydrogen (secondary N) is 1. The molecule has 1 aliphatic heterocycles. The third-order valence-electron chi connectivity index (χ3n) is 3.41. The van der Waals surface area contributed by atoms with Crippen LogP contribution in [0.15, 0.2) is 12.4 Å². The lowest BCUT2D eigenvalue weighted by Crippen LogP contribution is -2.57. The molecule has 0 aromatic carbocycles. The van der Waals surface area contributed by atoms with Gasteiger partial charge in [-0.15, -0.1) is 0 Å². The predicted molar refractivity (Wildman–Crippen MR) is 66.9 cm³/mol. The SMILES string of the molecule is CO[C@H]1[C@H](N(C)C(=O)c2ncc[nH]2)COC[C@H]1OC. The maximum atomic E-state index is 12.2. The molecule has 7 heteroatoms. The minimum absolute atomic E-state index is 0.185. The van der Waals surface area contributed by atoms with Gasteiger partial charge in [-0.25, -0.2) is 4.98 Å².